The predicted molar refractivity (Wildman–Crippen MR) is 89.1 cm³/mol. The SMILES string of the molecule is O=C(Nc1ccc([As](=O)(O)O)cc1)c1nn(-c2ccccc2)c(=O)[nH]1. The van der Waals surface area contributed by atoms with Gasteiger partial charge in [-0.15, -0.1) is 0 Å². The van der Waals surface area contributed by atoms with Gasteiger partial charge in [0.1, 0.15) is 0 Å². The minimum absolute atomic E-state index is 0.0992. The second kappa shape index (κ2) is 6.56. The first kappa shape index (κ1) is 17.0. The molecule has 0 aliphatic rings. The van der Waals surface area contributed by atoms with E-state index in [0.29, 0.717) is 11.4 Å². The Balaban J connectivity index is 1.80. The Morgan fingerprint density at radius 3 is 2.32 bits per heavy atom. The van der Waals surface area contributed by atoms with Gasteiger partial charge in [0, 0.05) is 0 Å². The van der Waals surface area contributed by atoms with E-state index in [9.17, 15) is 13.3 Å². The van der Waals surface area contributed by atoms with E-state index in [1.54, 1.807) is 30.3 Å². The summed E-state index contributed by atoms with van der Waals surface area (Å²) in [5.41, 5.74) is 0.264. The summed E-state index contributed by atoms with van der Waals surface area (Å²) >= 11 is -4.97. The van der Waals surface area contributed by atoms with Gasteiger partial charge in [0.25, 0.3) is 0 Å². The number of hydrogen-bond acceptors (Lipinski definition) is 4. The Bertz CT molecular complexity index is 1000. The number of nitrogens with zero attached hydrogens (tertiary/aromatic N) is 2. The zero-order valence-electron chi connectivity index (χ0n) is 12.7. The Hall–Kier alpha value is -2.87. The number of nitrogens with one attached hydrogen (secondary N) is 2. The molecule has 4 N–H and O–H groups in total. The van der Waals surface area contributed by atoms with Crippen molar-refractivity contribution < 1.29 is 16.7 Å². The maximum atomic E-state index is 12.2. The van der Waals surface area contributed by atoms with Crippen LogP contribution in [0.1, 0.15) is 10.6 Å². The number of carbonyl (C=O) groups excluding carboxylic acids is 1. The van der Waals surface area contributed by atoms with E-state index in [1.807, 2.05) is 0 Å². The number of rotatable bonds is 4. The summed E-state index contributed by atoms with van der Waals surface area (Å²) in [5, 5.41) is 6.45. The van der Waals surface area contributed by atoms with Crippen molar-refractivity contribution in [1.29, 1.82) is 0 Å². The van der Waals surface area contributed by atoms with Gasteiger partial charge in [0.2, 0.25) is 0 Å². The zero-order chi connectivity index (χ0) is 18.0. The zero-order valence-corrected chi connectivity index (χ0v) is 14.5. The maximum absolute atomic E-state index is 12.2. The number of aromatic nitrogens is 3. The minimum atomic E-state index is -4.97. The molecule has 10 heteroatoms. The van der Waals surface area contributed by atoms with Crippen LogP contribution in [0, 0.1) is 0 Å². The van der Waals surface area contributed by atoms with Crippen molar-refractivity contribution in [2.24, 2.45) is 0 Å². The number of anilines is 1. The molecule has 3 rings (SSSR count). The van der Waals surface area contributed by atoms with Gasteiger partial charge in [-0.05, 0) is 0 Å². The van der Waals surface area contributed by atoms with Gasteiger partial charge < -0.3 is 0 Å². The van der Waals surface area contributed by atoms with E-state index < -0.39 is 25.8 Å². The molecule has 128 valence electrons. The number of hydrogen-bond donors (Lipinski definition) is 4. The Kier molecular flexibility index (Phi) is 4.45. The van der Waals surface area contributed by atoms with Gasteiger partial charge >= 0.3 is 137 Å². The van der Waals surface area contributed by atoms with E-state index >= 15 is 0 Å². The van der Waals surface area contributed by atoms with Crippen LogP contribution in [-0.4, -0.2) is 43.0 Å². The first-order valence-corrected chi connectivity index (χ1v) is 10.5. The second-order valence-corrected chi connectivity index (χ2v) is 8.44. The molecule has 1 heterocycles. The number of para-hydroxylation sites is 1. The van der Waals surface area contributed by atoms with E-state index in [4.69, 9.17) is 8.19 Å². The molecule has 0 aliphatic heterocycles. The third kappa shape index (κ3) is 3.80. The normalized spacial score (nSPS) is 11.3. The van der Waals surface area contributed by atoms with Crippen molar-refractivity contribution in [2.45, 2.75) is 0 Å². The summed E-state index contributed by atoms with van der Waals surface area (Å²) in [7, 11) is 0. The standard InChI is InChI=1S/C15H13AsN4O5/c21-14(17-11-8-6-10(7-9-11)16(23,24)25)13-18-15(22)20(19-13)12-4-2-1-3-5-12/h1-9H,(H,17,21)(H,18,19,22)(H2,23,24,25). The molecule has 1 aromatic heterocycles. The van der Waals surface area contributed by atoms with Crippen LogP contribution >= 0.6 is 0 Å². The Morgan fingerprint density at radius 1 is 1.08 bits per heavy atom. The van der Waals surface area contributed by atoms with E-state index in [-0.39, 0.29) is 10.2 Å². The molecule has 9 nitrogen and oxygen atoms in total. The molecule has 0 bridgehead atoms. The van der Waals surface area contributed by atoms with Crippen molar-refractivity contribution in [3.8, 4) is 5.69 Å². The first-order chi connectivity index (χ1) is 11.8. The molecular formula is C15H13AsN4O5. The van der Waals surface area contributed by atoms with Crippen LogP contribution in [0.5, 0.6) is 0 Å². The van der Waals surface area contributed by atoms with Crippen LogP contribution in [-0.2, 0) is 3.74 Å². The third-order valence-corrected chi connectivity index (χ3v) is 5.33. The van der Waals surface area contributed by atoms with Crippen LogP contribution in [0.15, 0.2) is 59.4 Å². The quantitative estimate of drug-likeness (QED) is 0.428. The van der Waals surface area contributed by atoms with E-state index in [1.165, 1.54) is 24.3 Å². The van der Waals surface area contributed by atoms with E-state index in [0.717, 1.165) is 4.68 Å². The molecule has 0 saturated carbocycles. The second-order valence-electron chi connectivity index (χ2n) is 5.07. The fraction of sp³-hybridized carbons (Fsp3) is 0. The average Bonchev–Trinajstić information content (AvgIpc) is 2.97. The van der Waals surface area contributed by atoms with Gasteiger partial charge in [-0.1, -0.05) is 6.07 Å². The molecule has 0 radical (unpaired) electrons. The van der Waals surface area contributed by atoms with E-state index in [2.05, 4.69) is 15.4 Å². The van der Waals surface area contributed by atoms with Gasteiger partial charge in [-0.3, -0.25) is 0 Å². The van der Waals surface area contributed by atoms with Crippen molar-refractivity contribution in [3.05, 3.63) is 70.9 Å². The van der Waals surface area contributed by atoms with Gasteiger partial charge in [0.05, 0.1) is 0 Å². The molecule has 0 fully saturated rings. The number of H-pyrrole nitrogens is 1. The van der Waals surface area contributed by atoms with Crippen LogP contribution < -0.4 is 15.4 Å². The Morgan fingerprint density at radius 2 is 1.72 bits per heavy atom. The molecule has 0 unspecified atom stereocenters. The topological polar surface area (TPSA) is 137 Å². The van der Waals surface area contributed by atoms with Gasteiger partial charge in [-0.25, -0.2) is 0 Å². The van der Waals surface area contributed by atoms with Crippen molar-refractivity contribution in [1.82, 2.24) is 14.8 Å². The van der Waals surface area contributed by atoms with Crippen molar-refractivity contribution >= 4 is 30.1 Å². The third-order valence-electron chi connectivity index (χ3n) is 3.30. The van der Waals surface area contributed by atoms with Crippen LogP contribution in [0.2, 0.25) is 0 Å². The summed E-state index contributed by atoms with van der Waals surface area (Å²) < 4.78 is 30.4. The summed E-state index contributed by atoms with van der Waals surface area (Å²) in [6.45, 7) is 0. The fourth-order valence-corrected chi connectivity index (χ4v) is 3.23. The average molecular weight is 404 g/mol. The van der Waals surface area contributed by atoms with Crippen LogP contribution in [0.4, 0.5) is 5.69 Å². The fourth-order valence-electron chi connectivity index (χ4n) is 2.10. The molecule has 0 saturated heterocycles. The summed E-state index contributed by atoms with van der Waals surface area (Å²) in [4.78, 5) is 26.5. The molecule has 1 amide bonds. The summed E-state index contributed by atoms with van der Waals surface area (Å²) in [5.74, 6) is -0.835. The first-order valence-electron chi connectivity index (χ1n) is 7.07. The van der Waals surface area contributed by atoms with Crippen molar-refractivity contribution in [2.75, 3.05) is 5.32 Å². The molecule has 0 atom stereocenters. The van der Waals surface area contributed by atoms with Crippen molar-refractivity contribution in [3.63, 3.8) is 0 Å². The number of aromatic amines is 1. The number of carbonyl (C=O) groups is 1. The Labute approximate surface area is 143 Å². The molecule has 25 heavy (non-hydrogen) atoms. The molecule has 0 aliphatic carbocycles. The molecule has 0 spiro atoms. The number of amides is 1. The van der Waals surface area contributed by atoms with Gasteiger partial charge in [-0.2, -0.15) is 0 Å². The molecular weight excluding hydrogens is 391 g/mol. The summed E-state index contributed by atoms with van der Waals surface area (Å²) in [6, 6.07) is 13.8. The molecule has 3 aromatic rings. The van der Waals surface area contributed by atoms with Crippen LogP contribution in [0.3, 0.4) is 0 Å². The predicted octanol–water partition coefficient (Wildman–Crippen LogP) is -0.626. The molecule has 2 aromatic carbocycles. The van der Waals surface area contributed by atoms with Crippen LogP contribution in [0.25, 0.3) is 5.69 Å². The summed E-state index contributed by atoms with van der Waals surface area (Å²) in [6.07, 6.45) is 0. The van der Waals surface area contributed by atoms with Gasteiger partial charge in [0.15, 0.2) is 0 Å². The number of benzene rings is 2. The monoisotopic (exact) mass is 404 g/mol.